The van der Waals surface area contributed by atoms with Crippen LogP contribution in [-0.2, 0) is 0 Å². The van der Waals surface area contributed by atoms with E-state index in [0.717, 1.165) is 17.3 Å². The van der Waals surface area contributed by atoms with E-state index in [1.807, 2.05) is 18.2 Å². The van der Waals surface area contributed by atoms with Crippen LogP contribution in [0.2, 0.25) is 0 Å². The summed E-state index contributed by atoms with van der Waals surface area (Å²) in [6.45, 7) is 4.42. The van der Waals surface area contributed by atoms with Crippen molar-refractivity contribution in [3.05, 3.63) is 22.7 Å². The molecule has 18 heavy (non-hydrogen) atoms. The molecule has 0 aromatic rings. The molecule has 0 amide bonds. The predicted molar refractivity (Wildman–Crippen MR) is 81.5 cm³/mol. The maximum atomic E-state index is 10.4. The summed E-state index contributed by atoms with van der Waals surface area (Å²) in [6.07, 6.45) is 11.3. The van der Waals surface area contributed by atoms with Gasteiger partial charge in [-0.15, -0.1) is 0 Å². The van der Waals surface area contributed by atoms with Crippen molar-refractivity contribution in [2.75, 3.05) is 0 Å². The summed E-state index contributed by atoms with van der Waals surface area (Å²) >= 11 is 3.46. The molecule has 0 saturated heterocycles. The molecule has 104 valence electrons. The summed E-state index contributed by atoms with van der Waals surface area (Å²) < 4.78 is 1.02. The molecule has 1 aliphatic carbocycles. The van der Waals surface area contributed by atoms with E-state index in [1.54, 1.807) is 0 Å². The summed E-state index contributed by atoms with van der Waals surface area (Å²) in [4.78, 5) is 0. The van der Waals surface area contributed by atoms with E-state index in [0.29, 0.717) is 5.92 Å². The Bertz CT molecular complexity index is 301. The Kier molecular flexibility index (Phi) is 7.20. The van der Waals surface area contributed by atoms with Crippen molar-refractivity contribution in [3.8, 4) is 0 Å². The molecule has 4 unspecified atom stereocenters. The molecular formula is C15H26BrNO. The van der Waals surface area contributed by atoms with Crippen LogP contribution in [0.1, 0.15) is 46.0 Å². The topological polar surface area (TPSA) is 46.2 Å². The number of unbranched alkanes of at least 4 members (excludes halogenated alkanes) is 1. The lowest BCUT2D eigenvalue weighted by Gasteiger charge is -2.29. The molecule has 1 rings (SSSR count). The first kappa shape index (κ1) is 15.9. The second-order valence-electron chi connectivity index (χ2n) is 5.28. The number of hydrogen-bond acceptors (Lipinski definition) is 2. The molecular weight excluding hydrogens is 290 g/mol. The zero-order valence-corrected chi connectivity index (χ0v) is 13.1. The molecule has 0 radical (unpaired) electrons. The van der Waals surface area contributed by atoms with Gasteiger partial charge in [0.2, 0.25) is 0 Å². The fourth-order valence-electron chi connectivity index (χ4n) is 2.53. The molecule has 3 N–H and O–H groups in total. The summed E-state index contributed by atoms with van der Waals surface area (Å²) in [5.74, 6) is 0.658. The lowest BCUT2D eigenvalue weighted by Crippen LogP contribution is -2.37. The highest BCUT2D eigenvalue weighted by Crippen LogP contribution is 2.28. The van der Waals surface area contributed by atoms with Crippen molar-refractivity contribution < 1.29 is 5.11 Å². The van der Waals surface area contributed by atoms with Gasteiger partial charge in [0.05, 0.1) is 6.10 Å². The van der Waals surface area contributed by atoms with E-state index in [-0.39, 0.29) is 18.1 Å². The van der Waals surface area contributed by atoms with Gasteiger partial charge >= 0.3 is 0 Å². The molecule has 1 aliphatic rings. The number of aliphatic hydroxyl groups excluding tert-OH is 1. The Labute approximate surface area is 119 Å². The average molecular weight is 316 g/mol. The Balaban J connectivity index is 2.52. The van der Waals surface area contributed by atoms with Crippen molar-refractivity contribution in [1.29, 1.82) is 0 Å². The monoisotopic (exact) mass is 315 g/mol. The van der Waals surface area contributed by atoms with Crippen LogP contribution in [0, 0.1) is 11.8 Å². The van der Waals surface area contributed by atoms with Crippen LogP contribution in [0.3, 0.4) is 0 Å². The summed E-state index contributed by atoms with van der Waals surface area (Å²) in [5.41, 5.74) is 6.05. The molecule has 0 spiro atoms. The molecule has 0 aromatic heterocycles. The summed E-state index contributed by atoms with van der Waals surface area (Å²) in [7, 11) is 0. The third kappa shape index (κ3) is 4.87. The van der Waals surface area contributed by atoms with E-state index in [1.165, 1.54) is 19.3 Å². The molecule has 0 bridgehead atoms. The Morgan fingerprint density at radius 2 is 2.17 bits per heavy atom. The van der Waals surface area contributed by atoms with E-state index in [9.17, 15) is 5.11 Å². The fourth-order valence-corrected chi connectivity index (χ4v) is 2.99. The highest BCUT2D eigenvalue weighted by atomic mass is 79.9. The summed E-state index contributed by atoms with van der Waals surface area (Å²) in [5, 5.41) is 10.4. The standard InChI is InChI=1S/C15H26BrNO/c1-3-5-6-11(4-2)9-15(18)13-10-12(16)7-8-14(13)17/h7-8,10-11,13-15,18H,3-6,9,17H2,1-2H3. The molecule has 0 aromatic carbocycles. The SMILES string of the molecule is CCCCC(CC)CC(O)C1C=C(Br)C=CC1N. The van der Waals surface area contributed by atoms with Gasteiger partial charge in [-0.25, -0.2) is 0 Å². The van der Waals surface area contributed by atoms with Gasteiger partial charge in [0.1, 0.15) is 0 Å². The molecule has 2 nitrogen and oxygen atoms in total. The number of nitrogens with two attached hydrogens (primary N) is 1. The number of rotatable bonds is 7. The Morgan fingerprint density at radius 1 is 1.44 bits per heavy atom. The van der Waals surface area contributed by atoms with Crippen LogP contribution < -0.4 is 5.73 Å². The van der Waals surface area contributed by atoms with Gasteiger partial charge in [0.15, 0.2) is 0 Å². The zero-order valence-electron chi connectivity index (χ0n) is 11.5. The van der Waals surface area contributed by atoms with Gasteiger partial charge in [0, 0.05) is 16.4 Å². The average Bonchev–Trinajstić information content (AvgIpc) is 2.37. The number of allylic oxidation sites excluding steroid dienone is 2. The predicted octanol–water partition coefficient (Wildman–Crippen LogP) is 3.75. The normalized spacial score (nSPS) is 26.8. The van der Waals surface area contributed by atoms with Crippen LogP contribution >= 0.6 is 15.9 Å². The lowest BCUT2D eigenvalue weighted by molar-refractivity contribution is 0.0923. The van der Waals surface area contributed by atoms with Crippen molar-refractivity contribution >= 4 is 15.9 Å². The Hall–Kier alpha value is -0.120. The van der Waals surface area contributed by atoms with E-state index < -0.39 is 0 Å². The van der Waals surface area contributed by atoms with Crippen molar-refractivity contribution in [2.24, 2.45) is 17.6 Å². The molecule has 0 saturated carbocycles. The first-order valence-corrected chi connectivity index (χ1v) is 7.86. The maximum absolute atomic E-state index is 10.4. The molecule has 0 aliphatic heterocycles. The zero-order chi connectivity index (χ0) is 13.5. The van der Waals surface area contributed by atoms with Gasteiger partial charge in [-0.05, 0) is 12.3 Å². The lowest BCUT2D eigenvalue weighted by atomic mass is 9.83. The molecule has 0 fully saturated rings. The smallest absolute Gasteiger partial charge is 0.0623 e. The minimum atomic E-state index is -0.334. The first-order valence-electron chi connectivity index (χ1n) is 7.07. The van der Waals surface area contributed by atoms with Gasteiger partial charge in [-0.1, -0.05) is 73.7 Å². The molecule has 0 heterocycles. The molecule has 4 atom stereocenters. The van der Waals surface area contributed by atoms with E-state index >= 15 is 0 Å². The van der Waals surface area contributed by atoms with Gasteiger partial charge < -0.3 is 10.8 Å². The fraction of sp³-hybridized carbons (Fsp3) is 0.733. The molecule has 3 heteroatoms. The third-order valence-electron chi connectivity index (χ3n) is 3.84. The largest absolute Gasteiger partial charge is 0.392 e. The minimum absolute atomic E-state index is 0.0417. The minimum Gasteiger partial charge on any atom is -0.392 e. The second-order valence-corrected chi connectivity index (χ2v) is 6.20. The third-order valence-corrected chi connectivity index (χ3v) is 4.36. The number of halogens is 1. The number of aliphatic hydroxyl groups is 1. The van der Waals surface area contributed by atoms with Gasteiger partial charge in [-0.2, -0.15) is 0 Å². The second kappa shape index (κ2) is 8.13. The van der Waals surface area contributed by atoms with Crippen molar-refractivity contribution in [1.82, 2.24) is 0 Å². The highest BCUT2D eigenvalue weighted by Gasteiger charge is 2.26. The maximum Gasteiger partial charge on any atom is 0.0623 e. The van der Waals surface area contributed by atoms with Crippen LogP contribution in [0.5, 0.6) is 0 Å². The van der Waals surface area contributed by atoms with Crippen LogP contribution in [0.15, 0.2) is 22.7 Å². The first-order chi connectivity index (χ1) is 8.58. The van der Waals surface area contributed by atoms with Crippen LogP contribution in [0.4, 0.5) is 0 Å². The van der Waals surface area contributed by atoms with E-state index in [2.05, 4.69) is 29.8 Å². The van der Waals surface area contributed by atoms with Gasteiger partial charge in [0.25, 0.3) is 0 Å². The Morgan fingerprint density at radius 3 is 2.78 bits per heavy atom. The van der Waals surface area contributed by atoms with Crippen molar-refractivity contribution in [2.45, 2.75) is 58.1 Å². The number of hydrogen-bond donors (Lipinski definition) is 2. The van der Waals surface area contributed by atoms with E-state index in [4.69, 9.17) is 5.73 Å². The summed E-state index contributed by atoms with van der Waals surface area (Å²) in [6, 6.07) is -0.0648. The van der Waals surface area contributed by atoms with Crippen LogP contribution in [-0.4, -0.2) is 17.3 Å². The highest BCUT2D eigenvalue weighted by molar-refractivity contribution is 9.11. The van der Waals surface area contributed by atoms with Crippen LogP contribution in [0.25, 0.3) is 0 Å². The van der Waals surface area contributed by atoms with Gasteiger partial charge in [-0.3, -0.25) is 0 Å². The quantitative estimate of drug-likeness (QED) is 0.751. The van der Waals surface area contributed by atoms with Crippen molar-refractivity contribution in [3.63, 3.8) is 0 Å².